The van der Waals surface area contributed by atoms with E-state index in [1.165, 1.54) is 27.8 Å². The lowest BCUT2D eigenvalue weighted by Gasteiger charge is -2.12. The number of hydrogen-bond acceptors (Lipinski definition) is 2. The molecule has 1 aliphatic rings. The molecule has 22 heavy (non-hydrogen) atoms. The molecule has 0 radical (unpaired) electrons. The molecule has 0 amide bonds. The third kappa shape index (κ3) is 2.17. The lowest BCUT2D eigenvalue weighted by Crippen LogP contribution is -1.93. The smallest absolute Gasteiger partial charge is 0.168 e. The fraction of sp³-hybridized carbons (Fsp3) is 0.211. The first-order chi connectivity index (χ1) is 10.7. The van der Waals surface area contributed by atoms with Crippen molar-refractivity contribution in [2.75, 3.05) is 5.75 Å². The Balaban J connectivity index is 1.80. The minimum atomic E-state index is 1.08. The summed E-state index contributed by atoms with van der Waals surface area (Å²) in [7, 11) is 0. The summed E-state index contributed by atoms with van der Waals surface area (Å²) in [6.45, 7) is 5.49. The van der Waals surface area contributed by atoms with Gasteiger partial charge in [0.15, 0.2) is 5.16 Å². The van der Waals surface area contributed by atoms with Gasteiger partial charge >= 0.3 is 0 Å². The maximum absolute atomic E-state index is 4.79. The molecule has 0 unspecified atom stereocenters. The molecule has 1 aliphatic heterocycles. The van der Waals surface area contributed by atoms with Crippen molar-refractivity contribution in [3.63, 3.8) is 0 Å². The van der Waals surface area contributed by atoms with Crippen LogP contribution in [0.4, 0.5) is 0 Å². The summed E-state index contributed by atoms with van der Waals surface area (Å²) < 4.78 is 2.26. The van der Waals surface area contributed by atoms with Crippen LogP contribution in [0, 0.1) is 13.8 Å². The molecule has 0 N–H and O–H groups in total. The number of imidazole rings is 1. The molecular formula is C19H18N2S. The van der Waals surface area contributed by atoms with Gasteiger partial charge in [-0.15, -0.1) is 0 Å². The highest BCUT2D eigenvalue weighted by atomic mass is 32.2. The predicted molar refractivity (Wildman–Crippen MR) is 93.3 cm³/mol. The topological polar surface area (TPSA) is 17.8 Å². The second-order valence-corrected chi connectivity index (χ2v) is 6.79. The fourth-order valence-electron chi connectivity index (χ4n) is 3.07. The molecule has 0 aliphatic carbocycles. The van der Waals surface area contributed by atoms with Crippen molar-refractivity contribution >= 4 is 11.8 Å². The average Bonchev–Trinajstić information content (AvgIpc) is 3.12. The average molecular weight is 306 g/mol. The maximum Gasteiger partial charge on any atom is 0.168 e. The minimum Gasteiger partial charge on any atom is -0.325 e. The van der Waals surface area contributed by atoms with Crippen molar-refractivity contribution in [2.24, 2.45) is 0 Å². The van der Waals surface area contributed by atoms with Crippen LogP contribution in [-0.2, 0) is 6.54 Å². The van der Waals surface area contributed by atoms with E-state index >= 15 is 0 Å². The number of aryl methyl sites for hydroxylation is 1. The number of thioether (sulfide) groups is 1. The zero-order valence-corrected chi connectivity index (χ0v) is 13.7. The third-order valence-corrected chi connectivity index (χ3v) is 5.42. The minimum absolute atomic E-state index is 1.08. The van der Waals surface area contributed by atoms with Gasteiger partial charge in [0.2, 0.25) is 0 Å². The standard InChI is InChI=1S/C19H18N2S/c1-13-14(2)17(18-12-21-10-11-22-19(21)20-18)9-8-16(13)15-6-4-3-5-7-15/h3-9,12H,10-11H2,1-2H3. The van der Waals surface area contributed by atoms with Crippen LogP contribution in [-0.4, -0.2) is 15.3 Å². The normalized spacial score (nSPS) is 13.4. The number of nitrogens with zero attached hydrogens (tertiary/aromatic N) is 2. The Labute approximate surface area is 135 Å². The molecular weight excluding hydrogens is 288 g/mol. The van der Waals surface area contributed by atoms with Crippen LogP contribution in [0.5, 0.6) is 0 Å². The van der Waals surface area contributed by atoms with Gasteiger partial charge in [0.1, 0.15) is 0 Å². The van der Waals surface area contributed by atoms with Gasteiger partial charge in [0.05, 0.1) is 5.69 Å². The van der Waals surface area contributed by atoms with Crippen molar-refractivity contribution in [3.05, 3.63) is 59.8 Å². The van der Waals surface area contributed by atoms with Crippen LogP contribution in [0.25, 0.3) is 22.4 Å². The first-order valence-corrected chi connectivity index (χ1v) is 8.58. The highest BCUT2D eigenvalue weighted by Crippen LogP contribution is 2.34. The summed E-state index contributed by atoms with van der Waals surface area (Å²) >= 11 is 1.85. The molecule has 3 aromatic rings. The molecule has 0 spiro atoms. The largest absolute Gasteiger partial charge is 0.325 e. The first-order valence-electron chi connectivity index (χ1n) is 7.60. The second-order valence-electron chi connectivity index (χ2n) is 5.73. The number of aromatic nitrogens is 2. The number of rotatable bonds is 2. The molecule has 0 saturated carbocycles. The Morgan fingerprint density at radius 1 is 0.955 bits per heavy atom. The Morgan fingerprint density at radius 2 is 1.68 bits per heavy atom. The van der Waals surface area contributed by atoms with Crippen molar-refractivity contribution in [1.82, 2.24) is 9.55 Å². The summed E-state index contributed by atoms with van der Waals surface area (Å²) in [6, 6.07) is 15.0. The van der Waals surface area contributed by atoms with Crippen molar-refractivity contribution in [2.45, 2.75) is 25.5 Å². The van der Waals surface area contributed by atoms with Gasteiger partial charge < -0.3 is 4.57 Å². The molecule has 0 saturated heterocycles. The summed E-state index contributed by atoms with van der Waals surface area (Å²) in [5, 5.41) is 1.15. The van der Waals surface area contributed by atoms with Crippen LogP contribution in [0.15, 0.2) is 53.8 Å². The summed E-state index contributed by atoms with van der Waals surface area (Å²) in [5.41, 5.74) is 7.59. The molecule has 110 valence electrons. The lowest BCUT2D eigenvalue weighted by atomic mass is 9.93. The number of hydrogen-bond donors (Lipinski definition) is 0. The van der Waals surface area contributed by atoms with E-state index in [1.54, 1.807) is 0 Å². The summed E-state index contributed by atoms with van der Waals surface area (Å²) in [5.74, 6) is 1.15. The van der Waals surface area contributed by atoms with Crippen LogP contribution in [0.1, 0.15) is 11.1 Å². The Kier molecular flexibility index (Phi) is 3.30. The summed E-state index contributed by atoms with van der Waals surface area (Å²) in [4.78, 5) is 4.79. The van der Waals surface area contributed by atoms with Crippen LogP contribution < -0.4 is 0 Å². The molecule has 4 rings (SSSR count). The van der Waals surface area contributed by atoms with Crippen LogP contribution in [0.3, 0.4) is 0 Å². The number of fused-ring (bicyclic) bond motifs is 1. The maximum atomic E-state index is 4.79. The molecule has 0 atom stereocenters. The molecule has 0 fully saturated rings. The van der Waals surface area contributed by atoms with Crippen LogP contribution in [0.2, 0.25) is 0 Å². The third-order valence-electron chi connectivity index (χ3n) is 4.45. The van der Waals surface area contributed by atoms with Crippen molar-refractivity contribution in [1.29, 1.82) is 0 Å². The molecule has 2 heterocycles. The van der Waals surface area contributed by atoms with Gasteiger partial charge in [-0.3, -0.25) is 0 Å². The molecule has 2 nitrogen and oxygen atoms in total. The highest BCUT2D eigenvalue weighted by Gasteiger charge is 2.17. The van der Waals surface area contributed by atoms with E-state index < -0.39 is 0 Å². The zero-order valence-electron chi connectivity index (χ0n) is 12.8. The van der Waals surface area contributed by atoms with Crippen LogP contribution >= 0.6 is 11.8 Å². The van der Waals surface area contributed by atoms with Gasteiger partial charge in [-0.05, 0) is 36.1 Å². The van der Waals surface area contributed by atoms with E-state index in [2.05, 4.69) is 67.1 Å². The molecule has 1 aromatic heterocycles. The first kappa shape index (κ1) is 13.6. The molecule has 2 aromatic carbocycles. The van der Waals surface area contributed by atoms with Gasteiger partial charge in [0, 0.05) is 24.1 Å². The Morgan fingerprint density at radius 3 is 2.45 bits per heavy atom. The number of benzene rings is 2. The second kappa shape index (κ2) is 5.33. The van der Waals surface area contributed by atoms with Gasteiger partial charge in [-0.25, -0.2) is 4.98 Å². The summed E-state index contributed by atoms with van der Waals surface area (Å²) in [6.07, 6.45) is 2.19. The Hall–Kier alpha value is -2.00. The van der Waals surface area contributed by atoms with Gasteiger partial charge in [-0.1, -0.05) is 54.2 Å². The molecule has 0 bridgehead atoms. The Bertz CT molecular complexity index is 813. The predicted octanol–water partition coefficient (Wildman–Crippen LogP) is 4.94. The van der Waals surface area contributed by atoms with Gasteiger partial charge in [0.25, 0.3) is 0 Å². The van der Waals surface area contributed by atoms with Crippen molar-refractivity contribution in [3.8, 4) is 22.4 Å². The van der Waals surface area contributed by atoms with E-state index in [0.717, 1.165) is 23.1 Å². The fourth-order valence-corrected chi connectivity index (χ4v) is 4.01. The lowest BCUT2D eigenvalue weighted by molar-refractivity contribution is 0.719. The van der Waals surface area contributed by atoms with E-state index in [1.807, 2.05) is 11.8 Å². The van der Waals surface area contributed by atoms with E-state index in [9.17, 15) is 0 Å². The van der Waals surface area contributed by atoms with Crippen molar-refractivity contribution < 1.29 is 0 Å². The van der Waals surface area contributed by atoms with E-state index in [4.69, 9.17) is 4.98 Å². The SMILES string of the molecule is Cc1c(-c2ccccc2)ccc(-c2cn3c(n2)SCC3)c1C. The monoisotopic (exact) mass is 306 g/mol. The van der Waals surface area contributed by atoms with E-state index in [-0.39, 0.29) is 0 Å². The van der Waals surface area contributed by atoms with Gasteiger partial charge in [-0.2, -0.15) is 0 Å². The van der Waals surface area contributed by atoms with E-state index in [0.29, 0.717) is 0 Å². The quantitative estimate of drug-likeness (QED) is 0.667. The molecule has 3 heteroatoms. The zero-order chi connectivity index (χ0) is 15.1. The highest BCUT2D eigenvalue weighted by molar-refractivity contribution is 7.99.